The fraction of sp³-hybridized carbons (Fsp3) is 0.364. The van der Waals surface area contributed by atoms with E-state index in [0.29, 0.717) is 18.4 Å². The number of nitrogens with two attached hydrogens (primary N) is 1. The van der Waals surface area contributed by atoms with Gasteiger partial charge in [-0.25, -0.2) is 17.9 Å². The highest BCUT2D eigenvalue weighted by Crippen LogP contribution is 2.48. The van der Waals surface area contributed by atoms with Crippen LogP contribution in [0.3, 0.4) is 0 Å². The number of primary sulfonamides is 1. The Kier molecular flexibility index (Phi) is 2.90. The van der Waals surface area contributed by atoms with Crippen molar-refractivity contribution in [2.24, 2.45) is 5.14 Å². The molecule has 1 saturated carbocycles. The fourth-order valence-electron chi connectivity index (χ4n) is 2.04. The molecule has 3 N–H and O–H groups in total. The summed E-state index contributed by atoms with van der Waals surface area (Å²) < 4.78 is 35.8. The zero-order chi connectivity index (χ0) is 13.6. The van der Waals surface area contributed by atoms with Crippen LogP contribution in [0.2, 0.25) is 0 Å². The number of nitrogens with one attached hydrogen (secondary N) is 1. The number of hydrogen-bond donors (Lipinski definition) is 2. The Hall–Kier alpha value is -1.47. The molecular formula is C11H13FN2O3S. The maximum Gasteiger partial charge on any atom is 0.240 e. The van der Waals surface area contributed by atoms with Crippen molar-refractivity contribution in [3.05, 3.63) is 29.6 Å². The second-order valence-electron chi connectivity index (χ2n) is 4.35. The van der Waals surface area contributed by atoms with Gasteiger partial charge in [0.05, 0.1) is 5.41 Å². The van der Waals surface area contributed by atoms with Crippen molar-refractivity contribution in [3.8, 4) is 0 Å². The fourth-order valence-corrected chi connectivity index (χ4v) is 2.63. The summed E-state index contributed by atoms with van der Waals surface area (Å²) in [7, 11) is -2.57. The van der Waals surface area contributed by atoms with E-state index >= 15 is 0 Å². The summed E-state index contributed by atoms with van der Waals surface area (Å²) in [5.74, 6) is -1.12. The van der Waals surface area contributed by atoms with Gasteiger partial charge < -0.3 is 5.32 Å². The Balaban J connectivity index is 2.45. The molecule has 1 fully saturated rings. The largest absolute Gasteiger partial charge is 0.358 e. The molecule has 1 aromatic rings. The molecule has 5 nitrogen and oxygen atoms in total. The summed E-state index contributed by atoms with van der Waals surface area (Å²) in [4.78, 5) is 11.2. The van der Waals surface area contributed by atoms with E-state index in [1.54, 1.807) is 0 Å². The normalized spacial score (nSPS) is 17.3. The summed E-state index contributed by atoms with van der Waals surface area (Å²) in [6, 6.07) is 3.61. The molecule has 7 heteroatoms. The number of carbonyl (C=O) groups is 1. The Labute approximate surface area is 104 Å². The zero-order valence-corrected chi connectivity index (χ0v) is 10.6. The lowest BCUT2D eigenvalue weighted by Crippen LogP contribution is -2.32. The van der Waals surface area contributed by atoms with Gasteiger partial charge in [0.2, 0.25) is 15.9 Å². The highest BCUT2D eigenvalue weighted by atomic mass is 32.2. The zero-order valence-electron chi connectivity index (χ0n) is 9.73. The van der Waals surface area contributed by atoms with E-state index in [9.17, 15) is 17.6 Å². The molecule has 0 aliphatic heterocycles. The molecule has 0 heterocycles. The number of carbonyl (C=O) groups excluding carboxylic acids is 1. The Morgan fingerprint density at radius 1 is 1.44 bits per heavy atom. The van der Waals surface area contributed by atoms with Gasteiger partial charge in [-0.1, -0.05) is 6.07 Å². The number of sulfonamides is 1. The maximum atomic E-state index is 13.7. The minimum absolute atomic E-state index is 0.190. The average molecular weight is 272 g/mol. The van der Waals surface area contributed by atoms with Crippen LogP contribution in [0, 0.1) is 5.82 Å². The van der Waals surface area contributed by atoms with Crippen molar-refractivity contribution < 1.29 is 17.6 Å². The van der Waals surface area contributed by atoms with Gasteiger partial charge >= 0.3 is 0 Å². The van der Waals surface area contributed by atoms with E-state index in [1.807, 2.05) is 0 Å². The summed E-state index contributed by atoms with van der Waals surface area (Å²) in [5.41, 5.74) is -0.237. The van der Waals surface area contributed by atoms with Crippen molar-refractivity contribution in [2.45, 2.75) is 23.2 Å². The van der Waals surface area contributed by atoms with Crippen LogP contribution in [-0.2, 0) is 20.2 Å². The van der Waals surface area contributed by atoms with Crippen LogP contribution in [0.5, 0.6) is 0 Å². The summed E-state index contributed by atoms with van der Waals surface area (Å²) in [6.45, 7) is 0. The predicted molar refractivity (Wildman–Crippen MR) is 62.8 cm³/mol. The molecule has 0 spiro atoms. The van der Waals surface area contributed by atoms with Crippen LogP contribution in [0.1, 0.15) is 18.4 Å². The molecule has 1 aliphatic rings. The number of benzene rings is 1. The van der Waals surface area contributed by atoms with Gasteiger partial charge in [-0.2, -0.15) is 0 Å². The highest BCUT2D eigenvalue weighted by Gasteiger charge is 2.51. The SMILES string of the molecule is CNC(=O)C1(c2ccc(S(N)(=O)=O)c(F)c2)CC1. The van der Waals surface area contributed by atoms with Crippen LogP contribution in [0.4, 0.5) is 4.39 Å². The standard InChI is InChI=1S/C11H13FN2O3S/c1-14-10(15)11(4-5-11)7-2-3-9(8(12)6-7)18(13,16)17/h2-3,6H,4-5H2,1H3,(H,14,15)(H2,13,16,17). The highest BCUT2D eigenvalue weighted by molar-refractivity contribution is 7.89. The summed E-state index contributed by atoms with van der Waals surface area (Å²) >= 11 is 0. The second-order valence-corrected chi connectivity index (χ2v) is 5.88. The van der Waals surface area contributed by atoms with E-state index in [4.69, 9.17) is 5.14 Å². The number of halogens is 1. The van der Waals surface area contributed by atoms with Gasteiger partial charge in [0.15, 0.2) is 0 Å². The Morgan fingerprint density at radius 3 is 2.44 bits per heavy atom. The van der Waals surface area contributed by atoms with Crippen LogP contribution < -0.4 is 10.5 Å². The lowest BCUT2D eigenvalue weighted by Gasteiger charge is -2.14. The van der Waals surface area contributed by atoms with Gasteiger partial charge in [0, 0.05) is 7.05 Å². The van der Waals surface area contributed by atoms with E-state index < -0.39 is 26.2 Å². The Bertz CT molecular complexity index is 609. The first-order valence-electron chi connectivity index (χ1n) is 5.36. The first-order chi connectivity index (χ1) is 8.31. The van der Waals surface area contributed by atoms with Gasteiger partial charge in [0.1, 0.15) is 10.7 Å². The minimum atomic E-state index is -4.08. The van der Waals surface area contributed by atoms with Crippen molar-refractivity contribution in [1.82, 2.24) is 5.32 Å². The van der Waals surface area contributed by atoms with Gasteiger partial charge in [0.25, 0.3) is 0 Å². The maximum absolute atomic E-state index is 13.7. The molecule has 0 aromatic heterocycles. The van der Waals surface area contributed by atoms with Crippen molar-refractivity contribution in [2.75, 3.05) is 7.05 Å². The molecule has 98 valence electrons. The van der Waals surface area contributed by atoms with Crippen molar-refractivity contribution in [1.29, 1.82) is 0 Å². The molecule has 0 atom stereocenters. The van der Waals surface area contributed by atoms with Crippen molar-refractivity contribution in [3.63, 3.8) is 0 Å². The molecule has 0 radical (unpaired) electrons. The van der Waals surface area contributed by atoms with Crippen LogP contribution in [-0.4, -0.2) is 21.4 Å². The molecule has 18 heavy (non-hydrogen) atoms. The Morgan fingerprint density at radius 2 is 2.06 bits per heavy atom. The first kappa shape index (κ1) is 13.0. The quantitative estimate of drug-likeness (QED) is 0.826. The summed E-state index contributed by atoms with van der Waals surface area (Å²) in [6.07, 6.45) is 1.25. The molecule has 0 unspecified atom stereocenters. The number of rotatable bonds is 3. The van der Waals surface area contributed by atoms with Crippen LogP contribution >= 0.6 is 0 Å². The minimum Gasteiger partial charge on any atom is -0.358 e. The molecule has 1 aromatic carbocycles. The van der Waals surface area contributed by atoms with E-state index in [2.05, 4.69) is 5.32 Å². The number of likely N-dealkylation sites (N-methyl/N-ethyl adjacent to an activating group) is 1. The molecule has 1 amide bonds. The topological polar surface area (TPSA) is 89.3 Å². The third-order valence-corrected chi connectivity index (χ3v) is 4.15. The molecule has 1 aliphatic carbocycles. The van der Waals surface area contributed by atoms with E-state index in [1.165, 1.54) is 13.1 Å². The summed E-state index contributed by atoms with van der Waals surface area (Å²) in [5, 5.41) is 7.40. The molecule has 2 rings (SSSR count). The van der Waals surface area contributed by atoms with E-state index in [0.717, 1.165) is 12.1 Å². The van der Waals surface area contributed by atoms with E-state index in [-0.39, 0.29) is 5.91 Å². The van der Waals surface area contributed by atoms with Gasteiger partial charge in [-0.05, 0) is 30.5 Å². The molecule has 0 bridgehead atoms. The smallest absolute Gasteiger partial charge is 0.240 e. The number of hydrogen-bond acceptors (Lipinski definition) is 3. The predicted octanol–water partition coefficient (Wildman–Crippen LogP) is 0.251. The molecule has 0 saturated heterocycles. The lowest BCUT2D eigenvalue weighted by molar-refractivity contribution is -0.123. The van der Waals surface area contributed by atoms with Gasteiger partial charge in [-0.3, -0.25) is 4.79 Å². The van der Waals surface area contributed by atoms with Crippen LogP contribution in [0.15, 0.2) is 23.1 Å². The third kappa shape index (κ3) is 1.99. The van der Waals surface area contributed by atoms with Gasteiger partial charge in [-0.15, -0.1) is 0 Å². The van der Waals surface area contributed by atoms with Crippen LogP contribution in [0.25, 0.3) is 0 Å². The average Bonchev–Trinajstić information content (AvgIpc) is 3.07. The monoisotopic (exact) mass is 272 g/mol. The number of amides is 1. The molecular weight excluding hydrogens is 259 g/mol. The first-order valence-corrected chi connectivity index (χ1v) is 6.91. The van der Waals surface area contributed by atoms with Crippen molar-refractivity contribution >= 4 is 15.9 Å². The second kappa shape index (κ2) is 4.03. The lowest BCUT2D eigenvalue weighted by atomic mass is 9.95. The third-order valence-electron chi connectivity index (χ3n) is 3.20.